The fraction of sp³-hybridized carbons (Fsp3) is 0.0208. The van der Waals surface area contributed by atoms with E-state index in [-0.39, 0.29) is 5.41 Å². The summed E-state index contributed by atoms with van der Waals surface area (Å²) in [6.07, 6.45) is 0. The molecule has 0 fully saturated rings. The van der Waals surface area contributed by atoms with Gasteiger partial charge in [-0.15, -0.1) is 0 Å². The molecule has 228 valence electrons. The summed E-state index contributed by atoms with van der Waals surface area (Å²) in [4.78, 5) is 5.16. The van der Waals surface area contributed by atoms with E-state index >= 15 is 0 Å². The lowest BCUT2D eigenvalue weighted by Gasteiger charge is -2.30. The third-order valence-corrected chi connectivity index (χ3v) is 10.5. The summed E-state index contributed by atoms with van der Waals surface area (Å²) in [5.74, 6) is 0. The summed E-state index contributed by atoms with van der Waals surface area (Å²) in [6, 6.07) is 68.5. The van der Waals surface area contributed by atoms with Crippen molar-refractivity contribution in [3.63, 3.8) is 0 Å². The van der Waals surface area contributed by atoms with Crippen molar-refractivity contribution in [1.29, 1.82) is 0 Å². The number of hydrogen-bond donors (Lipinski definition) is 0. The van der Waals surface area contributed by atoms with E-state index in [1.807, 2.05) is 0 Å². The molecule has 49 heavy (non-hydrogen) atoms. The van der Waals surface area contributed by atoms with Crippen molar-refractivity contribution < 1.29 is 0 Å². The lowest BCUT2D eigenvalue weighted by molar-refractivity contribution is 0.794. The van der Waals surface area contributed by atoms with Crippen LogP contribution in [0.3, 0.4) is 0 Å². The highest BCUT2D eigenvalue weighted by atomic mass is 14.7. The maximum absolute atomic E-state index is 5.16. The predicted octanol–water partition coefficient (Wildman–Crippen LogP) is 12.1. The standard InChI is InChI=1S/C48H31N/c1-3-15-32(16-4-1)46-30-35(31-47(49-46)33-17-5-2-6-18-33)37-20-8-7-19-36(37)34-27-28-41-40-23-11-14-26-44(40)48(45(41)29-34)42-24-12-9-21-38(42)39-22-10-13-25-43(39)48/h1-31H. The van der Waals surface area contributed by atoms with Gasteiger partial charge < -0.3 is 0 Å². The van der Waals surface area contributed by atoms with Crippen molar-refractivity contribution >= 4 is 0 Å². The molecule has 0 aliphatic heterocycles. The number of aromatic nitrogens is 1. The molecule has 2 aliphatic rings. The van der Waals surface area contributed by atoms with E-state index in [1.54, 1.807) is 0 Å². The van der Waals surface area contributed by atoms with Gasteiger partial charge in [0.15, 0.2) is 0 Å². The molecular weight excluding hydrogens is 591 g/mol. The van der Waals surface area contributed by atoms with Gasteiger partial charge in [0.2, 0.25) is 0 Å². The quantitative estimate of drug-likeness (QED) is 0.191. The molecule has 0 bridgehead atoms. The molecule has 0 atom stereocenters. The van der Waals surface area contributed by atoms with Crippen molar-refractivity contribution in [2.45, 2.75) is 5.41 Å². The van der Waals surface area contributed by atoms with Crippen LogP contribution in [0.5, 0.6) is 0 Å². The average molecular weight is 622 g/mol. The Balaban J connectivity index is 1.21. The third kappa shape index (κ3) is 4.09. The van der Waals surface area contributed by atoms with Crippen molar-refractivity contribution in [3.05, 3.63) is 210 Å². The fourth-order valence-electron chi connectivity index (χ4n) is 8.45. The van der Waals surface area contributed by atoms with Crippen LogP contribution >= 0.6 is 0 Å². The molecule has 0 amide bonds. The summed E-state index contributed by atoms with van der Waals surface area (Å²) in [5, 5.41) is 0. The van der Waals surface area contributed by atoms with Crippen LogP contribution < -0.4 is 0 Å². The Hall–Kier alpha value is -6.31. The molecular formula is C48H31N. The highest BCUT2D eigenvalue weighted by Crippen LogP contribution is 2.63. The van der Waals surface area contributed by atoms with Crippen LogP contribution in [0.1, 0.15) is 22.3 Å². The molecule has 2 aliphatic carbocycles. The van der Waals surface area contributed by atoms with Gasteiger partial charge in [-0.2, -0.15) is 0 Å². The minimum atomic E-state index is -0.373. The molecule has 1 aromatic heterocycles. The van der Waals surface area contributed by atoms with Crippen molar-refractivity contribution in [1.82, 2.24) is 4.98 Å². The summed E-state index contributed by atoms with van der Waals surface area (Å²) in [6.45, 7) is 0. The molecule has 0 N–H and O–H groups in total. The van der Waals surface area contributed by atoms with E-state index in [4.69, 9.17) is 4.98 Å². The van der Waals surface area contributed by atoms with E-state index in [0.717, 1.165) is 28.1 Å². The highest BCUT2D eigenvalue weighted by Gasteiger charge is 2.51. The first kappa shape index (κ1) is 27.8. The lowest BCUT2D eigenvalue weighted by atomic mass is 9.70. The average Bonchev–Trinajstić information content (AvgIpc) is 3.65. The second-order valence-electron chi connectivity index (χ2n) is 13.1. The molecule has 10 rings (SSSR count). The summed E-state index contributed by atoms with van der Waals surface area (Å²) < 4.78 is 0. The molecule has 8 aromatic rings. The van der Waals surface area contributed by atoms with Crippen LogP contribution in [0.25, 0.3) is 67.0 Å². The fourth-order valence-corrected chi connectivity index (χ4v) is 8.45. The van der Waals surface area contributed by atoms with Crippen molar-refractivity contribution in [3.8, 4) is 67.0 Å². The van der Waals surface area contributed by atoms with E-state index in [0.29, 0.717) is 0 Å². The molecule has 1 heterocycles. The third-order valence-electron chi connectivity index (χ3n) is 10.5. The second-order valence-corrected chi connectivity index (χ2v) is 13.1. The van der Waals surface area contributed by atoms with E-state index < -0.39 is 0 Å². The lowest BCUT2D eigenvalue weighted by Crippen LogP contribution is -2.25. The Morgan fingerprint density at radius 2 is 0.653 bits per heavy atom. The van der Waals surface area contributed by atoms with Gasteiger partial charge in [-0.05, 0) is 85.0 Å². The molecule has 0 saturated carbocycles. The SMILES string of the molecule is c1ccc(-c2cc(-c3ccccc3-c3ccc4c(c3)C3(c5ccccc5-c5ccccc53)c3ccccc3-4)cc(-c3ccccc3)n2)cc1. The molecule has 1 spiro atoms. The van der Waals surface area contributed by atoms with Crippen LogP contribution in [-0.2, 0) is 5.41 Å². The largest absolute Gasteiger partial charge is 0.248 e. The minimum Gasteiger partial charge on any atom is -0.248 e. The number of benzene rings is 7. The molecule has 1 heteroatoms. The monoisotopic (exact) mass is 621 g/mol. The van der Waals surface area contributed by atoms with Gasteiger partial charge >= 0.3 is 0 Å². The van der Waals surface area contributed by atoms with E-state index in [1.165, 1.54) is 61.2 Å². The van der Waals surface area contributed by atoms with Gasteiger partial charge in [0.1, 0.15) is 0 Å². The Morgan fingerprint density at radius 3 is 1.14 bits per heavy atom. The zero-order valence-electron chi connectivity index (χ0n) is 26.8. The zero-order valence-corrected chi connectivity index (χ0v) is 26.8. The Kier molecular flexibility index (Phi) is 6.16. The van der Waals surface area contributed by atoms with E-state index in [2.05, 4.69) is 188 Å². The van der Waals surface area contributed by atoms with Gasteiger partial charge in [0.05, 0.1) is 16.8 Å². The van der Waals surface area contributed by atoms with Crippen LogP contribution in [0, 0.1) is 0 Å². The first-order chi connectivity index (χ1) is 24.3. The topological polar surface area (TPSA) is 12.9 Å². The number of pyridine rings is 1. The van der Waals surface area contributed by atoms with Crippen LogP contribution in [0.15, 0.2) is 188 Å². The van der Waals surface area contributed by atoms with Gasteiger partial charge in [-0.1, -0.05) is 170 Å². The van der Waals surface area contributed by atoms with Gasteiger partial charge in [0, 0.05) is 11.1 Å². The number of nitrogens with zero attached hydrogens (tertiary/aromatic N) is 1. The molecule has 7 aromatic carbocycles. The molecule has 1 nitrogen and oxygen atoms in total. The van der Waals surface area contributed by atoms with Crippen molar-refractivity contribution in [2.24, 2.45) is 0 Å². The minimum absolute atomic E-state index is 0.373. The number of hydrogen-bond acceptors (Lipinski definition) is 1. The van der Waals surface area contributed by atoms with E-state index in [9.17, 15) is 0 Å². The maximum atomic E-state index is 5.16. The predicted molar refractivity (Wildman–Crippen MR) is 202 cm³/mol. The van der Waals surface area contributed by atoms with Crippen LogP contribution in [0.2, 0.25) is 0 Å². The normalized spacial score (nSPS) is 13.1. The second kappa shape index (κ2) is 10.9. The first-order valence-corrected chi connectivity index (χ1v) is 17.0. The first-order valence-electron chi connectivity index (χ1n) is 17.0. The summed E-state index contributed by atoms with van der Waals surface area (Å²) in [7, 11) is 0. The highest BCUT2D eigenvalue weighted by molar-refractivity contribution is 5.97. The van der Waals surface area contributed by atoms with Crippen molar-refractivity contribution in [2.75, 3.05) is 0 Å². The summed E-state index contributed by atoms with van der Waals surface area (Å²) >= 11 is 0. The summed E-state index contributed by atoms with van der Waals surface area (Å²) in [5.41, 5.74) is 19.2. The Labute approximate surface area is 286 Å². The van der Waals surface area contributed by atoms with Crippen LogP contribution in [0.4, 0.5) is 0 Å². The smallest absolute Gasteiger partial charge is 0.0725 e. The number of rotatable bonds is 4. The molecule has 0 radical (unpaired) electrons. The molecule has 0 saturated heterocycles. The van der Waals surface area contributed by atoms with Gasteiger partial charge in [0.25, 0.3) is 0 Å². The van der Waals surface area contributed by atoms with Gasteiger partial charge in [-0.25, -0.2) is 4.98 Å². The van der Waals surface area contributed by atoms with Gasteiger partial charge in [-0.3, -0.25) is 0 Å². The van der Waals surface area contributed by atoms with Crippen LogP contribution in [-0.4, -0.2) is 4.98 Å². The Bertz CT molecular complexity index is 2420. The molecule has 0 unspecified atom stereocenters. The maximum Gasteiger partial charge on any atom is 0.0725 e. The zero-order chi connectivity index (χ0) is 32.4. The number of fused-ring (bicyclic) bond motifs is 10. The Morgan fingerprint density at radius 1 is 0.265 bits per heavy atom.